The van der Waals surface area contributed by atoms with Crippen molar-refractivity contribution in [3.05, 3.63) is 29.6 Å². The third-order valence-corrected chi connectivity index (χ3v) is 11.1. The van der Waals surface area contributed by atoms with Crippen LogP contribution in [0.3, 0.4) is 0 Å². The Morgan fingerprint density at radius 3 is 2.37 bits per heavy atom. The van der Waals surface area contributed by atoms with Gasteiger partial charge in [0.25, 0.3) is 5.91 Å². The summed E-state index contributed by atoms with van der Waals surface area (Å²) in [5.74, 6) is -0.564. The molecule has 0 bridgehead atoms. The average Bonchev–Trinajstić information content (AvgIpc) is 3.16. The van der Waals surface area contributed by atoms with Gasteiger partial charge in [0.05, 0.1) is 10.5 Å². The fourth-order valence-corrected chi connectivity index (χ4v) is 6.93. The fraction of sp³-hybridized carbons (Fsp3) is 0.759. The number of carbonyl (C=O) groups is 2. The lowest BCUT2D eigenvalue weighted by Gasteiger charge is -2.45. The van der Waals surface area contributed by atoms with E-state index < -0.39 is 20.6 Å². The zero-order chi connectivity index (χ0) is 28.6. The Balaban J connectivity index is 1.77. The quantitative estimate of drug-likeness (QED) is 0.556. The van der Waals surface area contributed by atoms with Crippen LogP contribution < -0.4 is 5.32 Å². The summed E-state index contributed by atoms with van der Waals surface area (Å²) in [6.45, 7) is 16.2. The van der Waals surface area contributed by atoms with Crippen LogP contribution in [0.1, 0.15) is 97.3 Å². The van der Waals surface area contributed by atoms with E-state index in [0.29, 0.717) is 24.7 Å². The summed E-state index contributed by atoms with van der Waals surface area (Å²) >= 11 is 0. The van der Waals surface area contributed by atoms with Gasteiger partial charge in [0.2, 0.25) is 5.91 Å². The first kappa shape index (κ1) is 30.5. The SMILES string of the molecule is CC(C)N(C)[C@@H]1CC[C@H](N2CCC(NC(=O)c3cccc(C(C)(C)C)n3)C2=O)[C@H](CS(=O)(=O)C(C)(C)C)C1. The molecule has 1 aliphatic heterocycles. The van der Waals surface area contributed by atoms with Crippen LogP contribution in [0, 0.1) is 5.92 Å². The second-order valence-electron chi connectivity index (χ2n) is 13.5. The minimum Gasteiger partial charge on any atom is -0.339 e. The van der Waals surface area contributed by atoms with Crippen molar-refractivity contribution in [1.29, 1.82) is 0 Å². The van der Waals surface area contributed by atoms with Crippen LogP contribution >= 0.6 is 0 Å². The van der Waals surface area contributed by atoms with E-state index in [-0.39, 0.29) is 41.0 Å². The van der Waals surface area contributed by atoms with Gasteiger partial charge in [0, 0.05) is 35.8 Å². The van der Waals surface area contributed by atoms with E-state index >= 15 is 0 Å². The summed E-state index contributed by atoms with van der Waals surface area (Å²) in [5, 5.41) is 2.90. The van der Waals surface area contributed by atoms with E-state index in [1.165, 1.54) is 0 Å². The lowest BCUT2D eigenvalue weighted by atomic mass is 9.81. The number of nitrogens with one attached hydrogen (secondary N) is 1. The van der Waals surface area contributed by atoms with Crippen molar-refractivity contribution in [2.24, 2.45) is 5.92 Å². The first-order valence-electron chi connectivity index (χ1n) is 14.0. The number of hydrogen-bond donors (Lipinski definition) is 1. The summed E-state index contributed by atoms with van der Waals surface area (Å²) < 4.78 is 25.7. The molecule has 0 spiro atoms. The van der Waals surface area contributed by atoms with Gasteiger partial charge in [-0.2, -0.15) is 0 Å². The van der Waals surface area contributed by atoms with E-state index in [1.54, 1.807) is 26.8 Å². The molecule has 214 valence electrons. The highest BCUT2D eigenvalue weighted by molar-refractivity contribution is 7.92. The average molecular weight is 549 g/mol. The molecule has 0 radical (unpaired) electrons. The van der Waals surface area contributed by atoms with Crippen LogP contribution in [0.2, 0.25) is 0 Å². The number of sulfone groups is 1. The summed E-state index contributed by atoms with van der Waals surface area (Å²) in [6.07, 6.45) is 2.91. The van der Waals surface area contributed by atoms with Crippen molar-refractivity contribution in [3.63, 3.8) is 0 Å². The van der Waals surface area contributed by atoms with Gasteiger partial charge in [-0.05, 0) is 85.4 Å². The Labute approximate surface area is 229 Å². The summed E-state index contributed by atoms with van der Waals surface area (Å²) in [4.78, 5) is 35.3. The van der Waals surface area contributed by atoms with Gasteiger partial charge in [-0.3, -0.25) is 9.59 Å². The minimum atomic E-state index is -3.37. The molecule has 2 amide bonds. The van der Waals surface area contributed by atoms with Gasteiger partial charge < -0.3 is 15.1 Å². The molecule has 4 atom stereocenters. The predicted molar refractivity (Wildman–Crippen MR) is 152 cm³/mol. The molecule has 1 aromatic heterocycles. The highest BCUT2D eigenvalue weighted by Crippen LogP contribution is 2.36. The maximum absolute atomic E-state index is 13.6. The molecule has 1 unspecified atom stereocenters. The maximum atomic E-state index is 13.6. The van der Waals surface area contributed by atoms with Crippen LogP contribution in [0.5, 0.6) is 0 Å². The van der Waals surface area contributed by atoms with Crippen molar-refractivity contribution >= 4 is 21.7 Å². The van der Waals surface area contributed by atoms with E-state index in [4.69, 9.17) is 0 Å². The topological polar surface area (TPSA) is 99.7 Å². The van der Waals surface area contributed by atoms with Crippen LogP contribution in [0.4, 0.5) is 0 Å². The number of carbonyl (C=O) groups excluding carboxylic acids is 2. The van der Waals surface area contributed by atoms with Gasteiger partial charge in [0.1, 0.15) is 11.7 Å². The molecule has 1 saturated carbocycles. The molecular formula is C29H48N4O4S. The molecule has 3 rings (SSSR count). The van der Waals surface area contributed by atoms with Crippen molar-refractivity contribution < 1.29 is 18.0 Å². The fourth-order valence-electron chi connectivity index (χ4n) is 5.51. The smallest absolute Gasteiger partial charge is 0.270 e. The third kappa shape index (κ3) is 6.76. The first-order chi connectivity index (χ1) is 17.4. The molecule has 1 aromatic rings. The normalized spacial score (nSPS) is 25.3. The van der Waals surface area contributed by atoms with E-state index in [0.717, 1.165) is 25.0 Å². The molecule has 1 aliphatic carbocycles. The van der Waals surface area contributed by atoms with Gasteiger partial charge in [-0.25, -0.2) is 13.4 Å². The second-order valence-corrected chi connectivity index (χ2v) is 16.2. The summed E-state index contributed by atoms with van der Waals surface area (Å²) in [5.41, 5.74) is 0.923. The minimum absolute atomic E-state index is 0.0634. The maximum Gasteiger partial charge on any atom is 0.270 e. The molecule has 0 aromatic carbocycles. The van der Waals surface area contributed by atoms with Crippen molar-refractivity contribution in [2.75, 3.05) is 19.3 Å². The van der Waals surface area contributed by atoms with Gasteiger partial charge in [-0.1, -0.05) is 26.8 Å². The molecular weight excluding hydrogens is 500 g/mol. The van der Waals surface area contributed by atoms with Gasteiger partial charge in [0.15, 0.2) is 9.84 Å². The standard InChI is InChI=1S/C29H48N4O4S/c1-19(2)32(9)21-13-14-24(20(17-21)18-38(36,37)29(6,7)8)33-16-15-23(27(33)35)31-26(34)22-11-10-12-25(30-22)28(3,4)5/h10-12,19-21,23-24H,13-18H2,1-9H3,(H,31,34)/t20-,21+,23?,24-/m0/s1. The van der Waals surface area contributed by atoms with Gasteiger partial charge >= 0.3 is 0 Å². The Bertz CT molecular complexity index is 1120. The number of pyridine rings is 1. The lowest BCUT2D eigenvalue weighted by molar-refractivity contribution is -0.133. The molecule has 8 nitrogen and oxygen atoms in total. The van der Waals surface area contributed by atoms with E-state index in [1.807, 2.05) is 37.8 Å². The van der Waals surface area contributed by atoms with Crippen molar-refractivity contribution in [1.82, 2.24) is 20.1 Å². The van der Waals surface area contributed by atoms with Gasteiger partial charge in [-0.15, -0.1) is 0 Å². The number of aromatic nitrogens is 1. The highest BCUT2D eigenvalue weighted by atomic mass is 32.2. The second kappa shape index (κ2) is 11.2. The Morgan fingerprint density at radius 2 is 1.79 bits per heavy atom. The zero-order valence-electron chi connectivity index (χ0n) is 24.7. The molecule has 2 heterocycles. The third-order valence-electron chi connectivity index (χ3n) is 8.37. The highest BCUT2D eigenvalue weighted by Gasteiger charge is 2.45. The zero-order valence-corrected chi connectivity index (χ0v) is 25.6. The monoisotopic (exact) mass is 548 g/mol. The van der Waals surface area contributed by atoms with Crippen molar-refractivity contribution in [2.45, 2.75) is 115 Å². The molecule has 2 aliphatic rings. The van der Waals surface area contributed by atoms with E-state index in [9.17, 15) is 18.0 Å². The number of rotatable bonds is 7. The number of amides is 2. The lowest BCUT2D eigenvalue weighted by Crippen LogP contribution is -2.53. The molecule has 38 heavy (non-hydrogen) atoms. The van der Waals surface area contributed by atoms with Crippen molar-refractivity contribution in [3.8, 4) is 0 Å². The first-order valence-corrected chi connectivity index (χ1v) is 15.6. The van der Waals surface area contributed by atoms with Crippen LogP contribution in [-0.4, -0.2) is 83.3 Å². The van der Waals surface area contributed by atoms with Crippen LogP contribution in [0.25, 0.3) is 0 Å². The Kier molecular flexibility index (Phi) is 9.03. The summed E-state index contributed by atoms with van der Waals surface area (Å²) in [7, 11) is -1.27. The number of hydrogen-bond acceptors (Lipinski definition) is 6. The van der Waals surface area contributed by atoms with Crippen LogP contribution in [0.15, 0.2) is 18.2 Å². The predicted octanol–water partition coefficient (Wildman–Crippen LogP) is 3.80. The Hall–Kier alpha value is -2.00. The molecule has 9 heteroatoms. The summed E-state index contributed by atoms with van der Waals surface area (Å²) in [6, 6.07) is 5.24. The Morgan fingerprint density at radius 1 is 1.13 bits per heavy atom. The number of nitrogens with zero attached hydrogens (tertiary/aromatic N) is 3. The molecule has 1 N–H and O–H groups in total. The molecule has 2 fully saturated rings. The van der Waals surface area contributed by atoms with E-state index in [2.05, 4.69) is 36.1 Å². The number of likely N-dealkylation sites (tertiary alicyclic amines) is 1. The molecule has 1 saturated heterocycles. The van der Waals surface area contributed by atoms with Crippen LogP contribution in [-0.2, 0) is 20.0 Å². The largest absolute Gasteiger partial charge is 0.339 e.